The second-order valence-electron chi connectivity index (χ2n) is 6.31. The quantitative estimate of drug-likeness (QED) is 0.570. The SMILES string of the molecule is c1ccc2cc(CNCc3ccc(Cn4cccn4)cc3)ccc2c1. The molecule has 0 saturated carbocycles. The number of nitrogens with one attached hydrogen (secondary N) is 1. The molecular weight excluding hydrogens is 306 g/mol. The van der Waals surface area contributed by atoms with Crippen molar-refractivity contribution in [3.05, 3.63) is 102 Å². The minimum Gasteiger partial charge on any atom is -0.309 e. The Morgan fingerprint density at radius 3 is 2.24 bits per heavy atom. The Kier molecular flexibility index (Phi) is 4.57. The zero-order valence-electron chi connectivity index (χ0n) is 14.1. The maximum atomic E-state index is 4.24. The van der Waals surface area contributed by atoms with Gasteiger partial charge in [0.25, 0.3) is 0 Å². The second kappa shape index (κ2) is 7.32. The summed E-state index contributed by atoms with van der Waals surface area (Å²) in [5, 5.41) is 10.4. The molecule has 0 aliphatic heterocycles. The van der Waals surface area contributed by atoms with Gasteiger partial charge >= 0.3 is 0 Å². The number of aromatic nitrogens is 2. The lowest BCUT2D eigenvalue weighted by Crippen LogP contribution is -2.12. The first-order valence-corrected chi connectivity index (χ1v) is 8.60. The first-order chi connectivity index (χ1) is 12.4. The van der Waals surface area contributed by atoms with Crippen LogP contribution in [0.1, 0.15) is 16.7 Å². The average Bonchev–Trinajstić information content (AvgIpc) is 3.16. The predicted molar refractivity (Wildman–Crippen MR) is 102 cm³/mol. The van der Waals surface area contributed by atoms with Gasteiger partial charge in [0.1, 0.15) is 0 Å². The number of fused-ring (bicyclic) bond motifs is 1. The third-order valence-corrected chi connectivity index (χ3v) is 4.40. The van der Waals surface area contributed by atoms with E-state index in [0.717, 1.165) is 19.6 Å². The van der Waals surface area contributed by atoms with E-state index in [9.17, 15) is 0 Å². The molecule has 1 aromatic heterocycles. The molecule has 3 nitrogen and oxygen atoms in total. The molecule has 3 aromatic carbocycles. The number of benzene rings is 3. The molecule has 4 aromatic rings. The van der Waals surface area contributed by atoms with Crippen LogP contribution in [0.4, 0.5) is 0 Å². The fourth-order valence-electron chi connectivity index (χ4n) is 3.04. The molecule has 4 rings (SSSR count). The minimum atomic E-state index is 0.817. The smallest absolute Gasteiger partial charge is 0.0659 e. The van der Waals surface area contributed by atoms with Gasteiger partial charge in [0.15, 0.2) is 0 Å². The highest BCUT2D eigenvalue weighted by atomic mass is 15.3. The van der Waals surface area contributed by atoms with E-state index < -0.39 is 0 Å². The molecule has 25 heavy (non-hydrogen) atoms. The molecule has 0 aliphatic rings. The Morgan fingerprint density at radius 1 is 0.720 bits per heavy atom. The van der Waals surface area contributed by atoms with Crippen molar-refractivity contribution < 1.29 is 0 Å². The molecule has 0 aliphatic carbocycles. The van der Waals surface area contributed by atoms with E-state index in [1.54, 1.807) is 0 Å². The molecule has 124 valence electrons. The van der Waals surface area contributed by atoms with Gasteiger partial charge in [-0.1, -0.05) is 60.7 Å². The van der Waals surface area contributed by atoms with Gasteiger partial charge in [-0.2, -0.15) is 5.10 Å². The summed E-state index contributed by atoms with van der Waals surface area (Å²) < 4.78 is 1.94. The maximum absolute atomic E-state index is 4.24. The van der Waals surface area contributed by atoms with Crippen LogP contribution >= 0.6 is 0 Å². The van der Waals surface area contributed by atoms with E-state index in [4.69, 9.17) is 0 Å². The molecule has 0 saturated heterocycles. The summed E-state index contributed by atoms with van der Waals surface area (Å²) in [4.78, 5) is 0. The summed E-state index contributed by atoms with van der Waals surface area (Å²) in [6.07, 6.45) is 3.80. The largest absolute Gasteiger partial charge is 0.309 e. The molecular formula is C22H21N3. The Hall–Kier alpha value is -2.91. The highest BCUT2D eigenvalue weighted by Gasteiger charge is 1.99. The molecule has 0 radical (unpaired) electrons. The molecule has 1 N–H and O–H groups in total. The van der Waals surface area contributed by atoms with E-state index in [-0.39, 0.29) is 0 Å². The van der Waals surface area contributed by atoms with Crippen LogP contribution in [0.15, 0.2) is 85.2 Å². The van der Waals surface area contributed by atoms with Crippen molar-refractivity contribution in [3.63, 3.8) is 0 Å². The standard InChI is InChI=1S/C22H21N3/c1-2-5-22-14-20(10-11-21(22)4-1)16-23-15-18-6-8-19(9-7-18)17-25-13-3-12-24-25/h1-14,23H,15-17H2. The predicted octanol–water partition coefficient (Wildman–Crippen LogP) is 4.37. The minimum absolute atomic E-state index is 0.817. The molecule has 0 amide bonds. The lowest BCUT2D eigenvalue weighted by molar-refractivity contribution is 0.682. The number of hydrogen-bond donors (Lipinski definition) is 1. The lowest BCUT2D eigenvalue weighted by atomic mass is 10.1. The van der Waals surface area contributed by atoms with Crippen molar-refractivity contribution in [3.8, 4) is 0 Å². The summed E-state index contributed by atoms with van der Waals surface area (Å²) in [7, 11) is 0. The average molecular weight is 327 g/mol. The number of nitrogens with zero attached hydrogens (tertiary/aromatic N) is 2. The first kappa shape index (κ1) is 15.6. The highest BCUT2D eigenvalue weighted by Crippen LogP contribution is 2.15. The molecule has 0 bridgehead atoms. The summed E-state index contributed by atoms with van der Waals surface area (Å²) in [5.41, 5.74) is 3.88. The van der Waals surface area contributed by atoms with Crippen LogP contribution in [-0.4, -0.2) is 9.78 Å². The van der Waals surface area contributed by atoms with Crippen LogP contribution in [0.5, 0.6) is 0 Å². The van der Waals surface area contributed by atoms with Crippen molar-refractivity contribution in [2.45, 2.75) is 19.6 Å². The van der Waals surface area contributed by atoms with Crippen LogP contribution in [-0.2, 0) is 19.6 Å². The molecule has 0 fully saturated rings. The van der Waals surface area contributed by atoms with Crippen LogP contribution < -0.4 is 5.32 Å². The highest BCUT2D eigenvalue weighted by molar-refractivity contribution is 5.82. The molecule has 0 atom stereocenters. The van der Waals surface area contributed by atoms with Crippen molar-refractivity contribution in [2.75, 3.05) is 0 Å². The van der Waals surface area contributed by atoms with Crippen LogP contribution in [0.2, 0.25) is 0 Å². The second-order valence-corrected chi connectivity index (χ2v) is 6.31. The van der Waals surface area contributed by atoms with E-state index in [0.29, 0.717) is 0 Å². The van der Waals surface area contributed by atoms with Crippen LogP contribution in [0.3, 0.4) is 0 Å². The molecule has 1 heterocycles. The van der Waals surface area contributed by atoms with Gasteiger partial charge in [0.2, 0.25) is 0 Å². The molecule has 0 unspecified atom stereocenters. The fraction of sp³-hybridized carbons (Fsp3) is 0.136. The number of rotatable bonds is 6. The number of hydrogen-bond acceptors (Lipinski definition) is 2. The summed E-state index contributed by atoms with van der Waals surface area (Å²) in [6, 6.07) is 25.8. The Balaban J connectivity index is 1.33. The third-order valence-electron chi connectivity index (χ3n) is 4.40. The summed E-state index contributed by atoms with van der Waals surface area (Å²) in [6.45, 7) is 2.56. The monoisotopic (exact) mass is 327 g/mol. The summed E-state index contributed by atoms with van der Waals surface area (Å²) >= 11 is 0. The normalized spacial score (nSPS) is 11.0. The van der Waals surface area contributed by atoms with Crippen LogP contribution in [0.25, 0.3) is 10.8 Å². The Morgan fingerprint density at radius 2 is 1.44 bits per heavy atom. The van der Waals surface area contributed by atoms with Crippen molar-refractivity contribution in [1.82, 2.24) is 15.1 Å². The molecule has 0 spiro atoms. The Labute approximate surface area is 147 Å². The molecule has 3 heteroatoms. The van der Waals surface area contributed by atoms with Gasteiger partial charge in [0, 0.05) is 25.5 Å². The van der Waals surface area contributed by atoms with Gasteiger partial charge in [-0.15, -0.1) is 0 Å². The Bertz CT molecular complexity index is 941. The van der Waals surface area contributed by atoms with Crippen LogP contribution in [0, 0.1) is 0 Å². The van der Waals surface area contributed by atoms with Gasteiger partial charge in [0.05, 0.1) is 6.54 Å². The zero-order chi connectivity index (χ0) is 16.9. The van der Waals surface area contributed by atoms with E-state index in [2.05, 4.69) is 77.1 Å². The van der Waals surface area contributed by atoms with Gasteiger partial charge in [-0.3, -0.25) is 4.68 Å². The lowest BCUT2D eigenvalue weighted by Gasteiger charge is -2.08. The summed E-state index contributed by atoms with van der Waals surface area (Å²) in [5.74, 6) is 0. The van der Waals surface area contributed by atoms with E-state index in [1.165, 1.54) is 27.5 Å². The van der Waals surface area contributed by atoms with Gasteiger partial charge < -0.3 is 5.32 Å². The topological polar surface area (TPSA) is 29.9 Å². The zero-order valence-corrected chi connectivity index (χ0v) is 14.1. The first-order valence-electron chi connectivity index (χ1n) is 8.60. The maximum Gasteiger partial charge on any atom is 0.0659 e. The van der Waals surface area contributed by atoms with Gasteiger partial charge in [-0.25, -0.2) is 0 Å². The van der Waals surface area contributed by atoms with Crippen molar-refractivity contribution in [1.29, 1.82) is 0 Å². The van der Waals surface area contributed by atoms with Crippen molar-refractivity contribution >= 4 is 10.8 Å². The fourth-order valence-corrected chi connectivity index (χ4v) is 3.04. The van der Waals surface area contributed by atoms with E-state index >= 15 is 0 Å². The van der Waals surface area contributed by atoms with Crippen molar-refractivity contribution in [2.24, 2.45) is 0 Å². The van der Waals surface area contributed by atoms with E-state index in [1.807, 2.05) is 23.1 Å². The van der Waals surface area contributed by atoms with Gasteiger partial charge in [-0.05, 0) is 39.6 Å². The third kappa shape index (κ3) is 3.95.